The van der Waals surface area contributed by atoms with Crippen molar-refractivity contribution in [2.45, 2.75) is 115 Å². The van der Waals surface area contributed by atoms with Crippen LogP contribution in [-0.2, 0) is 47.6 Å². The molecule has 0 radical (unpaired) electrons. The van der Waals surface area contributed by atoms with Crippen LogP contribution in [0.4, 0.5) is 25.1 Å². The lowest BCUT2D eigenvalue weighted by atomic mass is 9.74. The lowest BCUT2D eigenvalue weighted by molar-refractivity contribution is -0.0876. The maximum absolute atomic E-state index is 16.7. The van der Waals surface area contributed by atoms with Crippen LogP contribution in [0.2, 0.25) is 0 Å². The van der Waals surface area contributed by atoms with E-state index in [2.05, 4.69) is 20.2 Å². The molecule has 1 spiro atoms. The number of fused-ring (bicyclic) bond motifs is 5. The van der Waals surface area contributed by atoms with Gasteiger partial charge in [-0.1, -0.05) is 6.07 Å². The molecule has 2 aromatic heterocycles. The number of halogens is 2. The van der Waals surface area contributed by atoms with E-state index in [-0.39, 0.29) is 37.2 Å². The predicted molar refractivity (Wildman–Crippen MR) is 196 cm³/mol. The van der Waals surface area contributed by atoms with Gasteiger partial charge in [-0.2, -0.15) is 15.1 Å². The first kappa shape index (κ1) is 36.6. The maximum atomic E-state index is 16.7. The molecule has 2 saturated heterocycles. The Balaban J connectivity index is 1.15. The number of carbonyl (C=O) groups excluding carboxylic acids is 2. The molecule has 3 aromatic rings. The van der Waals surface area contributed by atoms with Crippen LogP contribution in [0, 0.1) is 5.82 Å². The highest BCUT2D eigenvalue weighted by molar-refractivity contribution is 5.92. The van der Waals surface area contributed by atoms with Gasteiger partial charge in [0.25, 0.3) is 5.91 Å². The summed E-state index contributed by atoms with van der Waals surface area (Å²) in [6.45, 7) is 8.67. The van der Waals surface area contributed by atoms with E-state index < -0.39 is 34.8 Å². The van der Waals surface area contributed by atoms with Crippen molar-refractivity contribution >= 4 is 23.5 Å². The maximum Gasteiger partial charge on any atom is 0.412 e. The number of benzene rings is 1. The molecule has 0 saturated carbocycles. The zero-order valence-corrected chi connectivity index (χ0v) is 31.8. The standard InChI is InChI=1S/C39H50F2N8O5/c1-37(2,3)54-36(51)43-28-11-10-24-9-6-13-39(31(24)32(28)41)19-30-27(22-53-39)33(44-35(42-30)52-23-38-12-7-15-48(38)20-25(40)18-38)47-14-8-16-49-26(21-47)17-29(45-49)34(50)46(4)5/h10-11,17,25H,6-9,12-16,18-23H2,1-5H3,(H,43,51)/t25-,38+,39?/m1/s1. The van der Waals surface area contributed by atoms with Crippen LogP contribution in [0.25, 0.3) is 0 Å². The van der Waals surface area contributed by atoms with Gasteiger partial charge in [0.05, 0.1) is 35.8 Å². The smallest absolute Gasteiger partial charge is 0.412 e. The number of carbonyl (C=O) groups is 2. The van der Waals surface area contributed by atoms with Gasteiger partial charge in [0.1, 0.15) is 29.8 Å². The second kappa shape index (κ2) is 13.7. The Morgan fingerprint density at radius 2 is 1.94 bits per heavy atom. The Labute approximate surface area is 314 Å². The lowest BCUT2D eigenvalue weighted by Crippen LogP contribution is -2.44. The summed E-state index contributed by atoms with van der Waals surface area (Å²) in [6.07, 6.45) is 3.67. The van der Waals surface area contributed by atoms with Crippen LogP contribution in [-0.4, -0.2) is 99.2 Å². The lowest BCUT2D eigenvalue weighted by Gasteiger charge is -2.43. The Kier molecular flexibility index (Phi) is 9.31. The van der Waals surface area contributed by atoms with E-state index in [0.29, 0.717) is 68.2 Å². The number of aromatic nitrogens is 4. The normalized spacial score (nSPS) is 25.0. The van der Waals surface area contributed by atoms with Crippen molar-refractivity contribution in [1.29, 1.82) is 0 Å². The van der Waals surface area contributed by atoms with Crippen molar-refractivity contribution in [3.63, 3.8) is 0 Å². The van der Waals surface area contributed by atoms with E-state index in [1.54, 1.807) is 40.9 Å². The number of nitrogens with one attached hydrogen (secondary N) is 1. The molecule has 1 unspecified atom stereocenters. The second-order valence-corrected chi connectivity index (χ2v) is 16.7. The van der Waals surface area contributed by atoms with Crippen molar-refractivity contribution < 1.29 is 32.6 Å². The molecular weight excluding hydrogens is 698 g/mol. The van der Waals surface area contributed by atoms with E-state index in [9.17, 15) is 14.0 Å². The average Bonchev–Trinajstić information content (AvgIpc) is 3.74. The van der Waals surface area contributed by atoms with E-state index in [4.69, 9.17) is 24.2 Å². The van der Waals surface area contributed by atoms with E-state index >= 15 is 4.39 Å². The monoisotopic (exact) mass is 748 g/mol. The highest BCUT2D eigenvalue weighted by Gasteiger charge is 2.50. The molecule has 1 aromatic carbocycles. The van der Waals surface area contributed by atoms with Gasteiger partial charge in [0.15, 0.2) is 11.5 Å². The van der Waals surface area contributed by atoms with Crippen molar-refractivity contribution in [2.24, 2.45) is 0 Å². The zero-order chi connectivity index (χ0) is 38.0. The van der Waals surface area contributed by atoms with Crippen LogP contribution in [0.15, 0.2) is 18.2 Å². The number of alkyl halides is 1. The minimum atomic E-state index is -1.04. The third-order valence-corrected chi connectivity index (χ3v) is 11.5. The molecule has 290 valence electrons. The molecule has 3 atom stereocenters. The van der Waals surface area contributed by atoms with Crippen molar-refractivity contribution in [1.82, 2.24) is 29.5 Å². The fourth-order valence-electron chi connectivity index (χ4n) is 9.11. The fraction of sp³-hybridized carbons (Fsp3) is 0.615. The Morgan fingerprint density at radius 3 is 2.74 bits per heavy atom. The number of hydrogen-bond acceptors (Lipinski definition) is 10. The summed E-state index contributed by atoms with van der Waals surface area (Å²) in [6, 6.07) is 5.47. The highest BCUT2D eigenvalue weighted by Crippen LogP contribution is 2.48. The minimum absolute atomic E-state index is 0.0301. The zero-order valence-electron chi connectivity index (χ0n) is 31.8. The highest BCUT2D eigenvalue weighted by atomic mass is 19.1. The summed E-state index contributed by atoms with van der Waals surface area (Å²) < 4.78 is 51.9. The second-order valence-electron chi connectivity index (χ2n) is 16.7. The molecule has 8 rings (SSSR count). The molecule has 1 aliphatic carbocycles. The number of nitrogens with zero attached hydrogens (tertiary/aromatic N) is 7. The van der Waals surface area contributed by atoms with Crippen LogP contribution in [0.3, 0.4) is 0 Å². The van der Waals surface area contributed by atoms with Crippen LogP contribution in [0.5, 0.6) is 6.01 Å². The Hall–Kier alpha value is -4.37. The summed E-state index contributed by atoms with van der Waals surface area (Å²) in [5.74, 6) is -0.0471. The molecule has 5 aliphatic rings. The average molecular weight is 749 g/mol. The molecule has 15 heteroatoms. The first-order valence-corrected chi connectivity index (χ1v) is 19.1. The largest absolute Gasteiger partial charge is 0.461 e. The molecule has 2 amide bonds. The van der Waals surface area contributed by atoms with Crippen molar-refractivity contribution in [3.8, 4) is 6.01 Å². The fourth-order valence-corrected chi connectivity index (χ4v) is 9.11. The molecule has 13 nitrogen and oxygen atoms in total. The number of rotatable bonds is 6. The molecule has 0 bridgehead atoms. The quantitative estimate of drug-likeness (QED) is 0.344. The van der Waals surface area contributed by atoms with Crippen LogP contribution in [0.1, 0.15) is 97.9 Å². The van der Waals surface area contributed by atoms with Crippen molar-refractivity contribution in [2.75, 3.05) is 50.6 Å². The third kappa shape index (κ3) is 6.78. The number of amides is 2. The molecule has 54 heavy (non-hydrogen) atoms. The Bertz CT molecular complexity index is 1970. The van der Waals surface area contributed by atoms with Gasteiger partial charge in [-0.05, 0) is 83.5 Å². The summed E-state index contributed by atoms with van der Waals surface area (Å²) in [4.78, 5) is 41.4. The molecular formula is C39H50F2N8O5. The van der Waals surface area contributed by atoms with Gasteiger partial charge in [0, 0.05) is 57.7 Å². The summed E-state index contributed by atoms with van der Waals surface area (Å²) in [7, 11) is 3.42. The first-order valence-electron chi connectivity index (χ1n) is 19.1. The van der Waals surface area contributed by atoms with Crippen LogP contribution >= 0.6 is 0 Å². The third-order valence-electron chi connectivity index (χ3n) is 11.5. The number of anilines is 2. The summed E-state index contributed by atoms with van der Waals surface area (Å²) >= 11 is 0. The summed E-state index contributed by atoms with van der Waals surface area (Å²) in [5.41, 5.74) is 1.88. The van der Waals surface area contributed by atoms with Crippen molar-refractivity contribution in [3.05, 3.63) is 57.8 Å². The van der Waals surface area contributed by atoms with Gasteiger partial charge >= 0.3 is 12.1 Å². The van der Waals surface area contributed by atoms with Gasteiger partial charge in [-0.15, -0.1) is 0 Å². The predicted octanol–water partition coefficient (Wildman–Crippen LogP) is 5.53. The van der Waals surface area contributed by atoms with Gasteiger partial charge in [-0.3, -0.25) is 19.7 Å². The summed E-state index contributed by atoms with van der Waals surface area (Å²) in [5, 5.41) is 7.22. The van der Waals surface area contributed by atoms with E-state index in [1.807, 2.05) is 16.8 Å². The minimum Gasteiger partial charge on any atom is -0.461 e. The number of aryl methyl sites for hydroxylation is 2. The first-order chi connectivity index (χ1) is 25.7. The molecule has 2 fully saturated rings. The SMILES string of the molecule is CN(C)C(=O)c1cc2n(n1)CCCN(c1nc(OC[C@@]34CCCN3C[C@H](F)C4)nc3c1COC1(CCCc4ccc(NC(=O)OC(C)(C)C)c(F)c41)C3)C2. The Morgan fingerprint density at radius 1 is 1.11 bits per heavy atom. The van der Waals surface area contributed by atoms with Crippen LogP contribution < -0.4 is 15.0 Å². The van der Waals surface area contributed by atoms with Gasteiger partial charge in [-0.25, -0.2) is 13.6 Å². The number of hydrogen-bond donors (Lipinski definition) is 1. The van der Waals surface area contributed by atoms with Gasteiger partial charge < -0.3 is 24.0 Å². The molecule has 1 N–H and O–H groups in total. The van der Waals surface area contributed by atoms with E-state index in [0.717, 1.165) is 49.0 Å². The topological polar surface area (TPSA) is 127 Å². The number of ether oxygens (including phenoxy) is 3. The van der Waals surface area contributed by atoms with E-state index in [1.165, 1.54) is 4.90 Å². The molecule has 4 aliphatic heterocycles. The van der Waals surface area contributed by atoms with Gasteiger partial charge in [0.2, 0.25) is 0 Å². The molecule has 6 heterocycles.